The average Bonchev–Trinajstić information content (AvgIpc) is 3.67. The number of aromatic nitrogens is 3. The topological polar surface area (TPSA) is 115 Å². The lowest BCUT2D eigenvalue weighted by Gasteiger charge is -2.23. The van der Waals surface area contributed by atoms with E-state index in [9.17, 15) is 13.7 Å². The maximum atomic E-state index is 12.1. The summed E-state index contributed by atoms with van der Waals surface area (Å²) in [5, 5.41) is 20.5. The van der Waals surface area contributed by atoms with Crippen LogP contribution >= 0.6 is 0 Å². The normalized spacial score (nSPS) is 15.9. The monoisotopic (exact) mass is 465 g/mol. The summed E-state index contributed by atoms with van der Waals surface area (Å²) in [6.45, 7) is 0.927. The third-order valence-electron chi connectivity index (χ3n) is 5.93. The van der Waals surface area contributed by atoms with E-state index >= 15 is 0 Å². The average molecular weight is 466 g/mol. The summed E-state index contributed by atoms with van der Waals surface area (Å²) in [6, 6.07) is 10.2. The standard InChI is InChI=1S/C23H27N7O2S/c1-29(13-15-3-4-15)20-8-7-19(9-16(20)14-33(2,31)32)26-21-10-22(27-18-5-6-18)30-23(28-21)17(11-24)12-25-30/h7-10,12,15,18,27H,3-6,13-14H2,1-2H3,(H,26,28). The fourth-order valence-corrected chi connectivity index (χ4v) is 4.81. The van der Waals surface area contributed by atoms with Crippen LogP contribution in [0, 0.1) is 17.2 Å². The fraction of sp³-hybridized carbons (Fsp3) is 0.435. The van der Waals surface area contributed by atoms with Crippen LogP contribution in [-0.2, 0) is 15.6 Å². The van der Waals surface area contributed by atoms with Crippen molar-refractivity contribution in [1.29, 1.82) is 5.26 Å². The summed E-state index contributed by atoms with van der Waals surface area (Å²) in [4.78, 5) is 6.75. The highest BCUT2D eigenvalue weighted by Gasteiger charge is 2.25. The van der Waals surface area contributed by atoms with Gasteiger partial charge in [-0.15, -0.1) is 0 Å². The number of benzene rings is 1. The highest BCUT2D eigenvalue weighted by Crippen LogP contribution is 2.34. The first-order valence-electron chi connectivity index (χ1n) is 11.1. The van der Waals surface area contributed by atoms with Gasteiger partial charge in [0, 0.05) is 43.3 Å². The van der Waals surface area contributed by atoms with Crippen LogP contribution in [-0.4, -0.2) is 48.9 Å². The third kappa shape index (κ3) is 5.03. The molecule has 2 aliphatic carbocycles. The van der Waals surface area contributed by atoms with Crippen molar-refractivity contribution in [2.45, 2.75) is 37.5 Å². The number of sulfone groups is 1. The Kier molecular flexibility index (Phi) is 5.37. The predicted molar refractivity (Wildman–Crippen MR) is 129 cm³/mol. The lowest BCUT2D eigenvalue weighted by molar-refractivity contribution is 0.601. The van der Waals surface area contributed by atoms with Gasteiger partial charge in [0.05, 0.1) is 11.9 Å². The van der Waals surface area contributed by atoms with Gasteiger partial charge in [0.1, 0.15) is 23.3 Å². The Morgan fingerprint density at radius 3 is 2.70 bits per heavy atom. The van der Waals surface area contributed by atoms with E-state index in [1.165, 1.54) is 25.3 Å². The third-order valence-corrected chi connectivity index (χ3v) is 6.77. The molecule has 0 aliphatic heterocycles. The summed E-state index contributed by atoms with van der Waals surface area (Å²) >= 11 is 0. The molecule has 2 heterocycles. The van der Waals surface area contributed by atoms with E-state index in [0.29, 0.717) is 29.0 Å². The zero-order valence-electron chi connectivity index (χ0n) is 18.7. The van der Waals surface area contributed by atoms with E-state index in [-0.39, 0.29) is 5.75 Å². The Hall–Kier alpha value is -3.32. The maximum Gasteiger partial charge on any atom is 0.177 e. The minimum absolute atomic E-state index is 0.0327. The minimum Gasteiger partial charge on any atom is -0.374 e. The van der Waals surface area contributed by atoms with Gasteiger partial charge < -0.3 is 15.5 Å². The second-order valence-electron chi connectivity index (χ2n) is 9.21. The lowest BCUT2D eigenvalue weighted by atomic mass is 10.1. The van der Waals surface area contributed by atoms with Crippen molar-refractivity contribution >= 4 is 38.5 Å². The van der Waals surface area contributed by atoms with Crippen LogP contribution in [0.4, 0.5) is 23.0 Å². The Bertz CT molecular complexity index is 1350. The largest absolute Gasteiger partial charge is 0.374 e. The molecule has 5 rings (SSSR count). The quantitative estimate of drug-likeness (QED) is 0.495. The molecule has 2 aromatic heterocycles. The number of hydrogen-bond donors (Lipinski definition) is 2. The first kappa shape index (κ1) is 21.5. The van der Waals surface area contributed by atoms with Gasteiger partial charge in [-0.2, -0.15) is 14.9 Å². The second-order valence-corrected chi connectivity index (χ2v) is 11.4. The van der Waals surface area contributed by atoms with E-state index in [1.807, 2.05) is 31.3 Å². The van der Waals surface area contributed by atoms with Gasteiger partial charge in [-0.3, -0.25) is 0 Å². The Balaban J connectivity index is 1.49. The zero-order chi connectivity index (χ0) is 23.2. The molecule has 172 valence electrons. The summed E-state index contributed by atoms with van der Waals surface area (Å²) in [5.74, 6) is 1.99. The van der Waals surface area contributed by atoms with E-state index in [0.717, 1.165) is 42.1 Å². The van der Waals surface area contributed by atoms with E-state index in [2.05, 4.69) is 31.7 Å². The molecule has 2 aliphatic rings. The van der Waals surface area contributed by atoms with Crippen molar-refractivity contribution < 1.29 is 8.42 Å². The van der Waals surface area contributed by atoms with Crippen molar-refractivity contribution in [2.24, 2.45) is 5.92 Å². The molecular formula is C23H27N7O2S. The molecule has 10 heteroatoms. The van der Waals surface area contributed by atoms with Gasteiger partial charge in [-0.05, 0) is 55.4 Å². The van der Waals surface area contributed by atoms with Gasteiger partial charge in [0.15, 0.2) is 15.5 Å². The van der Waals surface area contributed by atoms with Crippen LogP contribution in [0.5, 0.6) is 0 Å². The van der Waals surface area contributed by atoms with Gasteiger partial charge in [-0.1, -0.05) is 0 Å². The highest BCUT2D eigenvalue weighted by molar-refractivity contribution is 7.89. The van der Waals surface area contributed by atoms with Crippen molar-refractivity contribution in [1.82, 2.24) is 14.6 Å². The van der Waals surface area contributed by atoms with E-state index < -0.39 is 9.84 Å². The van der Waals surface area contributed by atoms with Crippen molar-refractivity contribution in [2.75, 3.05) is 35.4 Å². The first-order chi connectivity index (χ1) is 15.8. The number of rotatable bonds is 9. The van der Waals surface area contributed by atoms with Gasteiger partial charge in [0.25, 0.3) is 0 Å². The van der Waals surface area contributed by atoms with Crippen LogP contribution < -0.4 is 15.5 Å². The number of anilines is 4. The summed E-state index contributed by atoms with van der Waals surface area (Å²) in [7, 11) is -1.19. The molecule has 1 aromatic carbocycles. The molecule has 2 fully saturated rings. The Labute approximate surface area is 193 Å². The lowest BCUT2D eigenvalue weighted by Crippen LogP contribution is -2.22. The molecule has 3 aromatic rings. The van der Waals surface area contributed by atoms with Crippen LogP contribution in [0.15, 0.2) is 30.5 Å². The summed E-state index contributed by atoms with van der Waals surface area (Å²) in [5.41, 5.74) is 3.30. The van der Waals surface area contributed by atoms with Crippen LogP contribution in [0.2, 0.25) is 0 Å². The molecule has 9 nitrogen and oxygen atoms in total. The zero-order valence-corrected chi connectivity index (χ0v) is 19.6. The molecule has 2 saturated carbocycles. The van der Waals surface area contributed by atoms with Crippen molar-refractivity contribution in [3.05, 3.63) is 41.6 Å². The molecule has 0 saturated heterocycles. The SMILES string of the molecule is CN(CC1CC1)c1ccc(Nc2cc(NC3CC3)n3ncc(C#N)c3n2)cc1CS(C)(=O)=O. The smallest absolute Gasteiger partial charge is 0.177 e. The Morgan fingerprint density at radius 1 is 1.24 bits per heavy atom. The van der Waals surface area contributed by atoms with Crippen LogP contribution in [0.3, 0.4) is 0 Å². The predicted octanol–water partition coefficient (Wildman–Crippen LogP) is 3.31. The van der Waals surface area contributed by atoms with Crippen molar-refractivity contribution in [3.8, 4) is 6.07 Å². The van der Waals surface area contributed by atoms with E-state index in [1.54, 1.807) is 4.52 Å². The maximum absolute atomic E-state index is 12.1. The molecule has 0 bridgehead atoms. The van der Waals surface area contributed by atoms with Gasteiger partial charge >= 0.3 is 0 Å². The van der Waals surface area contributed by atoms with Gasteiger partial charge in [0.2, 0.25) is 0 Å². The molecule has 33 heavy (non-hydrogen) atoms. The number of nitriles is 1. The molecule has 0 atom stereocenters. The van der Waals surface area contributed by atoms with E-state index in [4.69, 9.17) is 0 Å². The van der Waals surface area contributed by atoms with Crippen molar-refractivity contribution in [3.63, 3.8) is 0 Å². The number of nitrogens with zero attached hydrogens (tertiary/aromatic N) is 5. The Morgan fingerprint density at radius 2 is 2.03 bits per heavy atom. The first-order valence-corrected chi connectivity index (χ1v) is 13.2. The number of fused-ring (bicyclic) bond motifs is 1. The second kappa shape index (κ2) is 8.23. The van der Waals surface area contributed by atoms with Gasteiger partial charge in [-0.25, -0.2) is 13.4 Å². The fourth-order valence-electron chi connectivity index (χ4n) is 4.01. The number of hydrogen-bond acceptors (Lipinski definition) is 8. The number of nitrogens with one attached hydrogen (secondary N) is 2. The highest BCUT2D eigenvalue weighted by atomic mass is 32.2. The van der Waals surface area contributed by atoms with Crippen LogP contribution in [0.25, 0.3) is 5.65 Å². The minimum atomic E-state index is -3.21. The summed E-state index contributed by atoms with van der Waals surface area (Å²) in [6.07, 6.45) is 7.43. The molecule has 0 spiro atoms. The molecule has 0 unspecified atom stereocenters. The molecular weight excluding hydrogens is 438 g/mol. The van der Waals surface area contributed by atoms with Crippen LogP contribution in [0.1, 0.15) is 36.8 Å². The molecule has 0 amide bonds. The molecule has 0 radical (unpaired) electrons. The summed E-state index contributed by atoms with van der Waals surface area (Å²) < 4.78 is 25.9. The molecule has 2 N–H and O–H groups in total.